The van der Waals surface area contributed by atoms with E-state index in [4.69, 9.17) is 8.94 Å². The van der Waals surface area contributed by atoms with Gasteiger partial charge >= 0.3 is 6.03 Å². The second-order valence-corrected chi connectivity index (χ2v) is 7.27. The molecule has 32 heavy (non-hydrogen) atoms. The molecule has 3 aromatic heterocycles. The highest BCUT2D eigenvalue weighted by Crippen LogP contribution is 2.28. The topological polar surface area (TPSA) is 131 Å². The van der Waals surface area contributed by atoms with E-state index in [-0.39, 0.29) is 30.6 Å². The van der Waals surface area contributed by atoms with Crippen molar-refractivity contribution in [2.75, 3.05) is 11.9 Å². The number of aromatic nitrogens is 2. The van der Waals surface area contributed by atoms with E-state index in [0.717, 1.165) is 4.90 Å². The second-order valence-electron chi connectivity index (χ2n) is 7.27. The van der Waals surface area contributed by atoms with Crippen LogP contribution in [0, 0.1) is 6.92 Å². The minimum atomic E-state index is -0.433. The lowest BCUT2D eigenvalue weighted by atomic mass is 10.1. The molecule has 4 amide bonds. The molecule has 0 unspecified atom stereocenters. The van der Waals surface area contributed by atoms with Gasteiger partial charge in [0.15, 0.2) is 5.76 Å². The molecule has 1 aliphatic rings. The number of aryl methyl sites for hydroxylation is 1. The molecular formula is C22H17N5O5. The van der Waals surface area contributed by atoms with Crippen LogP contribution in [-0.4, -0.2) is 39.4 Å². The molecule has 0 bridgehead atoms. The van der Waals surface area contributed by atoms with Crippen molar-refractivity contribution in [3.8, 4) is 11.5 Å². The Morgan fingerprint density at radius 3 is 2.84 bits per heavy atom. The first kappa shape index (κ1) is 19.5. The van der Waals surface area contributed by atoms with Crippen molar-refractivity contribution in [1.82, 2.24) is 20.4 Å². The molecule has 5 rings (SSSR count). The molecule has 0 saturated carbocycles. The van der Waals surface area contributed by atoms with Gasteiger partial charge in [-0.3, -0.25) is 14.5 Å². The summed E-state index contributed by atoms with van der Waals surface area (Å²) in [7, 11) is 0. The Hall–Kier alpha value is -4.47. The fourth-order valence-electron chi connectivity index (χ4n) is 3.57. The number of carbonyl (C=O) groups excluding carboxylic acids is 3. The molecule has 4 heterocycles. The van der Waals surface area contributed by atoms with E-state index in [1.807, 2.05) is 0 Å². The van der Waals surface area contributed by atoms with Gasteiger partial charge < -0.3 is 19.6 Å². The van der Waals surface area contributed by atoms with Crippen molar-refractivity contribution in [2.45, 2.75) is 13.5 Å². The van der Waals surface area contributed by atoms with Crippen molar-refractivity contribution in [3.63, 3.8) is 0 Å². The first-order valence-electron chi connectivity index (χ1n) is 9.79. The zero-order chi connectivity index (χ0) is 22.2. The van der Waals surface area contributed by atoms with Crippen LogP contribution in [0.15, 0.2) is 57.7 Å². The van der Waals surface area contributed by atoms with Crippen LogP contribution in [0.5, 0.6) is 0 Å². The molecule has 1 fully saturated rings. The van der Waals surface area contributed by atoms with E-state index in [0.29, 0.717) is 39.3 Å². The van der Waals surface area contributed by atoms with Crippen LogP contribution in [0.3, 0.4) is 0 Å². The predicted molar refractivity (Wildman–Crippen MR) is 113 cm³/mol. The van der Waals surface area contributed by atoms with Crippen LogP contribution in [0.4, 0.5) is 10.5 Å². The number of hydrogen-bond acceptors (Lipinski definition) is 7. The minimum Gasteiger partial charge on any atom is -0.463 e. The number of rotatable bonds is 5. The fourth-order valence-corrected chi connectivity index (χ4v) is 3.57. The van der Waals surface area contributed by atoms with E-state index in [1.54, 1.807) is 49.4 Å². The maximum absolute atomic E-state index is 13.2. The highest BCUT2D eigenvalue weighted by molar-refractivity contribution is 6.13. The largest absolute Gasteiger partial charge is 0.463 e. The summed E-state index contributed by atoms with van der Waals surface area (Å²) in [4.78, 5) is 42.4. The molecule has 0 radical (unpaired) electrons. The number of hydrogen-bond donors (Lipinski definition) is 2. The van der Waals surface area contributed by atoms with Gasteiger partial charge in [-0.1, -0.05) is 17.3 Å². The Morgan fingerprint density at radius 1 is 1.22 bits per heavy atom. The number of nitrogens with one attached hydrogen (secondary N) is 2. The number of carbonyl (C=O) groups is 3. The van der Waals surface area contributed by atoms with E-state index in [9.17, 15) is 14.4 Å². The molecule has 0 atom stereocenters. The summed E-state index contributed by atoms with van der Waals surface area (Å²) < 4.78 is 10.7. The molecular weight excluding hydrogens is 414 g/mol. The first-order chi connectivity index (χ1) is 15.5. The number of amides is 4. The van der Waals surface area contributed by atoms with Gasteiger partial charge in [-0.25, -0.2) is 9.78 Å². The van der Waals surface area contributed by atoms with Crippen LogP contribution >= 0.6 is 0 Å². The van der Waals surface area contributed by atoms with Gasteiger partial charge in [0.1, 0.15) is 5.69 Å². The van der Waals surface area contributed by atoms with Gasteiger partial charge in [-0.15, -0.1) is 0 Å². The zero-order valence-corrected chi connectivity index (χ0v) is 16.9. The number of anilines is 1. The lowest BCUT2D eigenvalue weighted by Gasteiger charge is -2.13. The van der Waals surface area contributed by atoms with E-state index in [2.05, 4.69) is 20.8 Å². The SMILES string of the molecule is Cc1noc2nc(-c3ccco3)cc(C(=O)Nc3cccc(CN4C(=O)CNC4=O)c3)c12. The molecule has 1 aliphatic heterocycles. The quantitative estimate of drug-likeness (QED) is 0.464. The smallest absolute Gasteiger partial charge is 0.324 e. The average molecular weight is 431 g/mol. The van der Waals surface area contributed by atoms with Crippen LogP contribution in [0.2, 0.25) is 0 Å². The average Bonchev–Trinajstić information content (AvgIpc) is 3.52. The molecule has 0 aliphatic carbocycles. The van der Waals surface area contributed by atoms with Gasteiger partial charge in [-0.05, 0) is 42.8 Å². The van der Waals surface area contributed by atoms with Gasteiger partial charge in [0.2, 0.25) is 5.91 Å². The Labute approximate surface area is 181 Å². The number of nitrogens with zero attached hydrogens (tertiary/aromatic N) is 3. The molecule has 10 nitrogen and oxygen atoms in total. The van der Waals surface area contributed by atoms with E-state index in [1.165, 1.54) is 6.26 Å². The lowest BCUT2D eigenvalue weighted by Crippen LogP contribution is -2.30. The molecule has 160 valence electrons. The monoisotopic (exact) mass is 431 g/mol. The fraction of sp³-hybridized carbons (Fsp3) is 0.136. The van der Waals surface area contributed by atoms with Gasteiger partial charge in [0.25, 0.3) is 11.6 Å². The summed E-state index contributed by atoms with van der Waals surface area (Å²) >= 11 is 0. The van der Waals surface area contributed by atoms with E-state index < -0.39 is 6.03 Å². The Kier molecular flexibility index (Phi) is 4.66. The minimum absolute atomic E-state index is 0.0105. The third-order valence-corrected chi connectivity index (χ3v) is 5.10. The Balaban J connectivity index is 1.45. The third-order valence-electron chi connectivity index (χ3n) is 5.10. The van der Waals surface area contributed by atoms with Crippen molar-refractivity contribution in [2.24, 2.45) is 0 Å². The van der Waals surface area contributed by atoms with Crippen LogP contribution < -0.4 is 10.6 Å². The normalized spacial score (nSPS) is 13.6. The number of fused-ring (bicyclic) bond motifs is 1. The zero-order valence-electron chi connectivity index (χ0n) is 16.9. The first-order valence-corrected chi connectivity index (χ1v) is 9.79. The van der Waals surface area contributed by atoms with E-state index >= 15 is 0 Å². The summed E-state index contributed by atoms with van der Waals surface area (Å²) in [5, 5.41) is 9.78. The van der Waals surface area contributed by atoms with Crippen LogP contribution in [0.25, 0.3) is 22.6 Å². The van der Waals surface area contributed by atoms with Crippen molar-refractivity contribution >= 4 is 34.6 Å². The summed E-state index contributed by atoms with van der Waals surface area (Å²) in [5.74, 6) is -0.189. The number of pyridine rings is 1. The maximum atomic E-state index is 13.2. The number of furan rings is 1. The molecule has 0 spiro atoms. The summed E-state index contributed by atoms with van der Waals surface area (Å²) in [6.45, 7) is 1.83. The van der Waals surface area contributed by atoms with Crippen molar-refractivity contribution in [1.29, 1.82) is 0 Å². The summed E-state index contributed by atoms with van der Waals surface area (Å²) in [6, 6.07) is 11.6. The Morgan fingerprint density at radius 2 is 2.09 bits per heavy atom. The van der Waals surface area contributed by atoms with Gasteiger partial charge in [0, 0.05) is 5.69 Å². The molecule has 2 N–H and O–H groups in total. The third kappa shape index (κ3) is 3.47. The predicted octanol–water partition coefficient (Wildman–Crippen LogP) is 3.10. The van der Waals surface area contributed by atoms with Crippen LogP contribution in [-0.2, 0) is 11.3 Å². The van der Waals surface area contributed by atoms with Crippen LogP contribution in [0.1, 0.15) is 21.6 Å². The number of benzene rings is 1. The molecule has 1 saturated heterocycles. The highest BCUT2D eigenvalue weighted by atomic mass is 16.5. The van der Waals surface area contributed by atoms with Crippen molar-refractivity contribution < 1.29 is 23.3 Å². The summed E-state index contributed by atoms with van der Waals surface area (Å²) in [6.07, 6.45) is 1.52. The van der Waals surface area contributed by atoms with Crippen molar-refractivity contribution in [3.05, 3.63) is 65.5 Å². The second kappa shape index (κ2) is 7.65. The number of urea groups is 1. The Bertz CT molecular complexity index is 1340. The molecule has 1 aromatic carbocycles. The highest BCUT2D eigenvalue weighted by Gasteiger charge is 2.28. The standard InChI is InChI=1S/C22H17N5O5/c1-12-19-15(9-16(17-6-3-7-31-17)25-21(19)32-26-12)20(29)24-14-5-2-4-13(8-14)11-27-18(28)10-23-22(27)30/h2-9H,10-11H2,1H3,(H,23,30)(H,24,29). The number of imide groups is 1. The van der Waals surface area contributed by atoms with Gasteiger partial charge in [-0.2, -0.15) is 0 Å². The van der Waals surface area contributed by atoms with Gasteiger partial charge in [0.05, 0.1) is 36.0 Å². The molecule has 4 aromatic rings. The molecule has 10 heteroatoms. The lowest BCUT2D eigenvalue weighted by molar-refractivity contribution is -0.125. The summed E-state index contributed by atoms with van der Waals surface area (Å²) in [5.41, 5.74) is 2.75. The maximum Gasteiger partial charge on any atom is 0.324 e.